The van der Waals surface area contributed by atoms with Crippen molar-refractivity contribution in [3.05, 3.63) is 96.6 Å². The standard InChI is InChI=1S/C51H58FN11O6/c1-7-46(64)54-39-24-40(56-51-53-17-14-38(55-51)36-29-59(5)41-11-9-8-10-33(36)41)45(69-6)25-44(39)58(4)20-21-60-18-15-32(16-19-60)28-62-30(2)26-61(27-31(62)3)43-23-35-34(22-37(43)52)49(67)63(50(35)68)42-12-13-47(65)57-48(42)66/h7-11,14,17,22-25,29-32,42H,1,12-13,15-16,18-21,26-28H2,2-6H3,(H,54,64)(H,53,55,56)(H,57,65,66). The van der Waals surface area contributed by atoms with Gasteiger partial charge in [-0.1, -0.05) is 24.8 Å². The van der Waals surface area contributed by atoms with Gasteiger partial charge in [-0.2, -0.15) is 0 Å². The number of methoxy groups -OCH3 is 1. The van der Waals surface area contributed by atoms with Crippen LogP contribution >= 0.6 is 0 Å². The Morgan fingerprint density at radius 2 is 1.70 bits per heavy atom. The van der Waals surface area contributed by atoms with Crippen LogP contribution in [0.1, 0.15) is 60.2 Å². The van der Waals surface area contributed by atoms with Crippen LogP contribution in [0.15, 0.2) is 79.6 Å². The molecular weight excluding hydrogens is 882 g/mol. The number of amides is 5. The second kappa shape index (κ2) is 19.4. The Hall–Kier alpha value is -7.18. The Kier molecular flexibility index (Phi) is 13.2. The number of likely N-dealkylation sites (tertiary alicyclic amines) is 1. The van der Waals surface area contributed by atoms with Crippen molar-refractivity contribution >= 4 is 69.1 Å². The molecule has 5 aromatic rings. The Bertz CT molecular complexity index is 2850. The van der Waals surface area contributed by atoms with E-state index in [1.165, 1.54) is 12.1 Å². The van der Waals surface area contributed by atoms with Crippen molar-refractivity contribution in [3.8, 4) is 17.0 Å². The van der Waals surface area contributed by atoms with E-state index in [0.717, 1.165) is 77.8 Å². The number of benzene rings is 3. The number of piperazine rings is 1. The summed E-state index contributed by atoms with van der Waals surface area (Å²) in [6, 6.07) is 15.4. The zero-order valence-corrected chi connectivity index (χ0v) is 39.6. The van der Waals surface area contributed by atoms with E-state index >= 15 is 4.39 Å². The highest BCUT2D eigenvalue weighted by Crippen LogP contribution is 2.39. The molecule has 6 heterocycles. The summed E-state index contributed by atoms with van der Waals surface area (Å²) in [5.41, 5.74) is 5.05. The second-order valence-corrected chi connectivity index (χ2v) is 18.6. The molecule has 3 unspecified atom stereocenters. The number of carbonyl (C=O) groups is 5. The molecule has 360 valence electrons. The molecule has 9 rings (SSSR count). The molecule has 3 atom stereocenters. The summed E-state index contributed by atoms with van der Waals surface area (Å²) in [5.74, 6) is -2.06. The van der Waals surface area contributed by atoms with Crippen molar-refractivity contribution < 1.29 is 33.1 Å². The molecule has 17 nitrogen and oxygen atoms in total. The Balaban J connectivity index is 0.802. The summed E-state index contributed by atoms with van der Waals surface area (Å²) in [5, 5.41) is 9.60. The number of hydrogen-bond donors (Lipinski definition) is 3. The van der Waals surface area contributed by atoms with Crippen LogP contribution in [-0.4, -0.2) is 137 Å². The molecule has 4 aliphatic heterocycles. The number of nitrogens with one attached hydrogen (secondary N) is 3. The zero-order valence-electron chi connectivity index (χ0n) is 39.6. The van der Waals surface area contributed by atoms with Gasteiger partial charge in [0.05, 0.1) is 46.7 Å². The van der Waals surface area contributed by atoms with Gasteiger partial charge in [-0.25, -0.2) is 14.4 Å². The minimum absolute atomic E-state index is 0.00879. The van der Waals surface area contributed by atoms with Gasteiger partial charge in [-0.05, 0) is 88.5 Å². The fraction of sp³-hybridized carbons (Fsp3) is 0.392. The largest absolute Gasteiger partial charge is 0.494 e. The Morgan fingerprint density at radius 1 is 0.971 bits per heavy atom. The first-order valence-electron chi connectivity index (χ1n) is 23.5. The van der Waals surface area contributed by atoms with Gasteiger partial charge in [0.15, 0.2) is 0 Å². The van der Waals surface area contributed by atoms with Gasteiger partial charge in [0, 0.05) is 100 Å². The fourth-order valence-corrected chi connectivity index (χ4v) is 10.4. The number of ether oxygens (including phenoxy) is 1. The third kappa shape index (κ3) is 9.37. The van der Waals surface area contributed by atoms with Gasteiger partial charge in [0.25, 0.3) is 11.8 Å². The molecule has 0 saturated carbocycles. The van der Waals surface area contributed by atoms with Crippen LogP contribution in [0.5, 0.6) is 5.75 Å². The maximum Gasteiger partial charge on any atom is 0.262 e. The molecule has 0 radical (unpaired) electrons. The van der Waals surface area contributed by atoms with Crippen LogP contribution < -0.4 is 30.5 Å². The molecule has 18 heteroatoms. The molecular formula is C51H58FN11O6. The molecule has 5 amide bonds. The topological polar surface area (TPSA) is 178 Å². The number of aryl methyl sites for hydroxylation is 1. The number of nitrogens with zero attached hydrogens (tertiary/aromatic N) is 8. The van der Waals surface area contributed by atoms with E-state index < -0.39 is 35.5 Å². The minimum Gasteiger partial charge on any atom is -0.494 e. The number of rotatable bonds is 14. The Morgan fingerprint density at radius 3 is 2.41 bits per heavy atom. The molecule has 2 aromatic heterocycles. The minimum atomic E-state index is -1.12. The highest BCUT2D eigenvalue weighted by Gasteiger charge is 2.46. The van der Waals surface area contributed by atoms with Crippen molar-refractivity contribution in [1.82, 2.24) is 34.6 Å². The molecule has 0 aliphatic carbocycles. The van der Waals surface area contributed by atoms with Crippen molar-refractivity contribution in [1.29, 1.82) is 0 Å². The summed E-state index contributed by atoms with van der Waals surface area (Å²) in [4.78, 5) is 83.0. The predicted molar refractivity (Wildman–Crippen MR) is 262 cm³/mol. The van der Waals surface area contributed by atoms with Gasteiger partial charge < -0.3 is 34.6 Å². The highest BCUT2D eigenvalue weighted by atomic mass is 19.1. The van der Waals surface area contributed by atoms with Crippen LogP contribution in [0.3, 0.4) is 0 Å². The first-order valence-corrected chi connectivity index (χ1v) is 23.5. The van der Waals surface area contributed by atoms with Crippen molar-refractivity contribution in [2.24, 2.45) is 13.0 Å². The smallest absolute Gasteiger partial charge is 0.262 e. The SMILES string of the molecule is C=CC(=O)Nc1cc(Nc2nccc(-c3cn(C)c4ccccc34)n2)c(OC)cc1N(C)CCN1CCC(CN2C(C)CN(c3cc4c(cc3F)C(=O)N(C3CCC(=O)NC3=O)C4=O)CC2C)CC1. The number of piperidine rings is 2. The number of carbonyl (C=O) groups excluding carboxylic acids is 5. The quantitative estimate of drug-likeness (QED) is 0.0901. The lowest BCUT2D eigenvalue weighted by molar-refractivity contribution is -0.136. The number of fused-ring (bicyclic) bond motifs is 2. The van der Waals surface area contributed by atoms with Crippen LogP contribution in [0, 0.1) is 11.7 Å². The van der Waals surface area contributed by atoms with Crippen molar-refractivity contribution in [3.63, 3.8) is 0 Å². The number of imide groups is 2. The molecule has 3 N–H and O–H groups in total. The van der Waals surface area contributed by atoms with Gasteiger partial charge >= 0.3 is 0 Å². The fourth-order valence-electron chi connectivity index (χ4n) is 10.4. The lowest BCUT2D eigenvalue weighted by Gasteiger charge is -2.47. The lowest BCUT2D eigenvalue weighted by Crippen LogP contribution is -2.58. The van der Waals surface area contributed by atoms with E-state index in [9.17, 15) is 24.0 Å². The molecule has 69 heavy (non-hydrogen) atoms. The number of hydrogen-bond acceptors (Lipinski definition) is 13. The van der Waals surface area contributed by atoms with Gasteiger partial charge in [0.2, 0.25) is 23.7 Å². The average Bonchev–Trinajstić information content (AvgIpc) is 3.80. The molecule has 4 aliphatic rings. The summed E-state index contributed by atoms with van der Waals surface area (Å²) in [6.45, 7) is 13.3. The molecule has 3 fully saturated rings. The third-order valence-corrected chi connectivity index (χ3v) is 14.1. The predicted octanol–water partition coefficient (Wildman–Crippen LogP) is 5.80. The zero-order chi connectivity index (χ0) is 48.7. The van der Waals surface area contributed by atoms with Gasteiger partial charge in [-0.15, -0.1) is 0 Å². The maximum absolute atomic E-state index is 15.8. The number of aromatic nitrogens is 3. The Labute approximate surface area is 400 Å². The average molecular weight is 940 g/mol. The summed E-state index contributed by atoms with van der Waals surface area (Å²) < 4.78 is 23.8. The van der Waals surface area contributed by atoms with Crippen molar-refractivity contribution in [2.75, 3.05) is 80.4 Å². The van der Waals surface area contributed by atoms with Crippen LogP contribution in [0.4, 0.5) is 33.1 Å². The van der Waals surface area contributed by atoms with E-state index in [-0.39, 0.29) is 47.6 Å². The van der Waals surface area contributed by atoms with E-state index in [0.29, 0.717) is 48.6 Å². The maximum atomic E-state index is 15.8. The molecule has 3 aromatic carbocycles. The van der Waals surface area contributed by atoms with Crippen LogP contribution in [0.2, 0.25) is 0 Å². The summed E-state index contributed by atoms with van der Waals surface area (Å²) >= 11 is 0. The van der Waals surface area contributed by atoms with E-state index in [1.54, 1.807) is 13.3 Å². The molecule has 3 saturated heterocycles. The van der Waals surface area contributed by atoms with Crippen molar-refractivity contribution in [2.45, 2.75) is 57.7 Å². The summed E-state index contributed by atoms with van der Waals surface area (Å²) in [7, 11) is 5.62. The third-order valence-electron chi connectivity index (χ3n) is 14.1. The monoisotopic (exact) mass is 939 g/mol. The van der Waals surface area contributed by atoms with Crippen LogP contribution in [-0.2, 0) is 21.4 Å². The lowest BCUT2D eigenvalue weighted by atomic mass is 9.94. The second-order valence-electron chi connectivity index (χ2n) is 18.6. The molecule has 0 spiro atoms. The number of halogens is 1. The normalized spacial score (nSPS) is 20.3. The van der Waals surface area contributed by atoms with Crippen LogP contribution in [0.25, 0.3) is 22.2 Å². The first-order chi connectivity index (χ1) is 33.2. The number of anilines is 5. The number of likely N-dealkylation sites (N-methyl/N-ethyl adjacent to an activating group) is 1. The number of para-hydroxylation sites is 1. The summed E-state index contributed by atoms with van der Waals surface area (Å²) in [6.07, 6.45) is 7.11. The highest BCUT2D eigenvalue weighted by molar-refractivity contribution is 6.23. The van der Waals surface area contributed by atoms with Gasteiger partial charge in [-0.3, -0.25) is 39.1 Å². The van der Waals surface area contributed by atoms with Gasteiger partial charge in [0.1, 0.15) is 17.6 Å². The molecule has 0 bridgehead atoms. The van der Waals surface area contributed by atoms with E-state index in [4.69, 9.17) is 9.72 Å². The van der Waals surface area contributed by atoms with E-state index in [1.807, 2.05) is 49.3 Å². The van der Waals surface area contributed by atoms with E-state index in [2.05, 4.69) is 79.0 Å². The first kappa shape index (κ1) is 46.9.